The molecule has 7 heteroatoms. The molecular weight excluding hydrogens is 372 g/mol. The van der Waals surface area contributed by atoms with E-state index in [0.29, 0.717) is 5.56 Å². The van der Waals surface area contributed by atoms with Gasteiger partial charge in [0.25, 0.3) is 11.8 Å². The van der Waals surface area contributed by atoms with Gasteiger partial charge in [0.05, 0.1) is 17.0 Å². The Hall–Kier alpha value is -3.48. The molecule has 1 aliphatic heterocycles. The quantitative estimate of drug-likeness (QED) is 0.702. The van der Waals surface area contributed by atoms with Gasteiger partial charge in [-0.25, -0.2) is 0 Å². The van der Waals surface area contributed by atoms with Crippen LogP contribution in [-0.4, -0.2) is 46.3 Å². The van der Waals surface area contributed by atoms with Crippen LogP contribution in [0.4, 0.5) is 0 Å². The molecule has 2 aromatic carbocycles. The fourth-order valence-corrected chi connectivity index (χ4v) is 3.52. The molecule has 0 fully saturated rings. The van der Waals surface area contributed by atoms with Gasteiger partial charge >= 0.3 is 5.97 Å². The second kappa shape index (κ2) is 8.26. The van der Waals surface area contributed by atoms with E-state index < -0.39 is 35.7 Å². The van der Waals surface area contributed by atoms with Gasteiger partial charge in [0, 0.05) is 6.54 Å². The number of amides is 3. The number of imide groups is 1. The summed E-state index contributed by atoms with van der Waals surface area (Å²) in [5.41, 5.74) is 1.09. The monoisotopic (exact) mass is 394 g/mol. The van der Waals surface area contributed by atoms with E-state index >= 15 is 0 Å². The number of aliphatic carboxylic acids is 1. The summed E-state index contributed by atoms with van der Waals surface area (Å²) in [5, 5.41) is 12.2. The van der Waals surface area contributed by atoms with Crippen molar-refractivity contribution in [3.8, 4) is 0 Å². The van der Waals surface area contributed by atoms with E-state index in [1.54, 1.807) is 68.4 Å². The first-order valence-electron chi connectivity index (χ1n) is 9.35. The average molecular weight is 394 g/mol. The van der Waals surface area contributed by atoms with E-state index in [9.17, 15) is 24.3 Å². The van der Waals surface area contributed by atoms with Gasteiger partial charge in [-0.2, -0.15) is 0 Å². The van der Waals surface area contributed by atoms with E-state index in [4.69, 9.17) is 0 Å². The minimum atomic E-state index is -1.07. The van der Waals surface area contributed by atoms with Crippen molar-refractivity contribution in [1.29, 1.82) is 0 Å². The van der Waals surface area contributed by atoms with Gasteiger partial charge in [-0.1, -0.05) is 56.3 Å². The van der Waals surface area contributed by atoms with Crippen molar-refractivity contribution in [3.63, 3.8) is 0 Å². The molecule has 0 spiro atoms. The largest absolute Gasteiger partial charge is 0.481 e. The van der Waals surface area contributed by atoms with Crippen molar-refractivity contribution in [2.45, 2.75) is 25.8 Å². The molecule has 2 N–H and O–H groups in total. The molecule has 0 radical (unpaired) electrons. The molecule has 1 aliphatic rings. The zero-order chi connectivity index (χ0) is 21.1. The van der Waals surface area contributed by atoms with Crippen LogP contribution in [0, 0.1) is 5.92 Å². The first kappa shape index (κ1) is 20.3. The molecule has 3 amide bonds. The third-order valence-electron chi connectivity index (χ3n) is 4.98. The van der Waals surface area contributed by atoms with E-state index in [2.05, 4.69) is 5.32 Å². The Morgan fingerprint density at radius 3 is 1.93 bits per heavy atom. The molecular formula is C22H22N2O5. The van der Waals surface area contributed by atoms with Gasteiger partial charge in [-0.05, 0) is 23.6 Å². The molecule has 2 unspecified atom stereocenters. The van der Waals surface area contributed by atoms with Crippen molar-refractivity contribution >= 4 is 23.7 Å². The highest BCUT2D eigenvalue weighted by molar-refractivity contribution is 6.22. The van der Waals surface area contributed by atoms with Crippen LogP contribution < -0.4 is 5.32 Å². The Morgan fingerprint density at radius 1 is 0.931 bits per heavy atom. The van der Waals surface area contributed by atoms with E-state index in [1.165, 1.54) is 0 Å². The highest BCUT2D eigenvalue weighted by Crippen LogP contribution is 2.27. The minimum absolute atomic E-state index is 0.148. The fourth-order valence-electron chi connectivity index (χ4n) is 3.52. The number of nitrogens with zero attached hydrogens (tertiary/aromatic N) is 1. The number of hydrogen-bond donors (Lipinski definition) is 2. The normalized spacial score (nSPS) is 15.2. The lowest BCUT2D eigenvalue weighted by Gasteiger charge is -2.28. The summed E-state index contributed by atoms with van der Waals surface area (Å²) in [7, 11) is 0. The summed E-state index contributed by atoms with van der Waals surface area (Å²) in [6.07, 6.45) is 0. The van der Waals surface area contributed by atoms with Crippen LogP contribution in [0.25, 0.3) is 0 Å². The van der Waals surface area contributed by atoms with Crippen molar-refractivity contribution in [3.05, 3.63) is 71.3 Å². The van der Waals surface area contributed by atoms with Crippen molar-refractivity contribution in [2.75, 3.05) is 6.54 Å². The zero-order valence-corrected chi connectivity index (χ0v) is 16.2. The molecule has 2 atom stereocenters. The first-order chi connectivity index (χ1) is 13.8. The van der Waals surface area contributed by atoms with Gasteiger partial charge in [-0.3, -0.25) is 24.1 Å². The third-order valence-corrected chi connectivity index (χ3v) is 4.98. The number of benzene rings is 2. The highest BCUT2D eigenvalue weighted by Gasteiger charge is 2.44. The van der Waals surface area contributed by atoms with Crippen LogP contribution in [-0.2, 0) is 9.59 Å². The highest BCUT2D eigenvalue weighted by atomic mass is 16.4. The predicted molar refractivity (Wildman–Crippen MR) is 105 cm³/mol. The summed E-state index contributed by atoms with van der Waals surface area (Å²) in [5.74, 6) is -3.95. The van der Waals surface area contributed by atoms with Crippen LogP contribution in [0.15, 0.2) is 54.6 Å². The van der Waals surface area contributed by atoms with Crippen LogP contribution in [0.2, 0.25) is 0 Å². The number of carboxylic acids is 1. The summed E-state index contributed by atoms with van der Waals surface area (Å²) in [6, 6.07) is 14.0. The first-order valence-corrected chi connectivity index (χ1v) is 9.35. The molecule has 2 aromatic rings. The van der Waals surface area contributed by atoms with Crippen molar-refractivity contribution in [2.24, 2.45) is 5.92 Å². The van der Waals surface area contributed by atoms with Gasteiger partial charge in [0.2, 0.25) is 5.91 Å². The average Bonchev–Trinajstić information content (AvgIpc) is 2.94. The molecule has 29 heavy (non-hydrogen) atoms. The smallest absolute Gasteiger partial charge is 0.312 e. The van der Waals surface area contributed by atoms with E-state index in [1.807, 2.05) is 0 Å². The predicted octanol–water partition coefficient (Wildman–Crippen LogP) is 2.29. The standard InChI is InChI=1S/C22H22N2O5/c1-13(2)18(24-20(26)15-10-6-7-11-16(15)21(24)27)19(25)23-12-17(22(28)29)14-8-4-3-5-9-14/h3-11,13,17-18H,12H2,1-2H3,(H,23,25)(H,28,29). The molecule has 3 rings (SSSR count). The number of fused-ring (bicyclic) bond motifs is 1. The molecule has 7 nitrogen and oxygen atoms in total. The number of carbonyl (C=O) groups is 4. The zero-order valence-electron chi connectivity index (χ0n) is 16.2. The SMILES string of the molecule is CC(C)C(C(=O)NCC(C(=O)O)c1ccccc1)N1C(=O)c2ccccc2C1=O. The summed E-state index contributed by atoms with van der Waals surface area (Å²) >= 11 is 0. The molecule has 0 aromatic heterocycles. The molecule has 0 aliphatic carbocycles. The maximum atomic E-state index is 12.9. The number of carbonyl (C=O) groups excluding carboxylic acids is 3. The van der Waals surface area contributed by atoms with Crippen LogP contribution in [0.5, 0.6) is 0 Å². The number of nitrogens with one attached hydrogen (secondary N) is 1. The number of hydrogen-bond acceptors (Lipinski definition) is 4. The van der Waals surface area contributed by atoms with Crippen LogP contribution in [0.1, 0.15) is 46.0 Å². The summed E-state index contributed by atoms with van der Waals surface area (Å²) < 4.78 is 0. The number of carboxylic acid groups (broad SMARTS) is 1. The Morgan fingerprint density at radius 2 is 1.45 bits per heavy atom. The lowest BCUT2D eigenvalue weighted by atomic mass is 9.98. The van der Waals surface area contributed by atoms with Gasteiger partial charge in [-0.15, -0.1) is 0 Å². The molecule has 0 bridgehead atoms. The maximum absolute atomic E-state index is 12.9. The van der Waals surface area contributed by atoms with Gasteiger partial charge in [0.15, 0.2) is 0 Å². The number of rotatable bonds is 7. The minimum Gasteiger partial charge on any atom is -0.481 e. The van der Waals surface area contributed by atoms with Gasteiger partial charge < -0.3 is 10.4 Å². The van der Waals surface area contributed by atoms with Crippen molar-refractivity contribution < 1.29 is 24.3 Å². The van der Waals surface area contributed by atoms with Crippen LogP contribution >= 0.6 is 0 Å². The molecule has 0 saturated heterocycles. The maximum Gasteiger partial charge on any atom is 0.312 e. The summed E-state index contributed by atoms with van der Waals surface area (Å²) in [4.78, 5) is 51.1. The van der Waals surface area contributed by atoms with E-state index in [0.717, 1.165) is 4.90 Å². The van der Waals surface area contributed by atoms with Crippen molar-refractivity contribution in [1.82, 2.24) is 10.2 Å². The van der Waals surface area contributed by atoms with Gasteiger partial charge in [0.1, 0.15) is 6.04 Å². The molecule has 150 valence electrons. The second-order valence-corrected chi connectivity index (χ2v) is 7.26. The molecule has 0 saturated carbocycles. The molecule has 1 heterocycles. The third kappa shape index (κ3) is 3.89. The fraction of sp³-hybridized carbons (Fsp3) is 0.273. The lowest BCUT2D eigenvalue weighted by molar-refractivity contribution is -0.138. The second-order valence-electron chi connectivity index (χ2n) is 7.26. The Balaban J connectivity index is 1.80. The Bertz CT molecular complexity index is 920. The summed E-state index contributed by atoms with van der Waals surface area (Å²) in [6.45, 7) is 3.32. The lowest BCUT2D eigenvalue weighted by Crippen LogP contribution is -2.53. The Labute approximate surface area is 168 Å². The Kier molecular flexibility index (Phi) is 5.77. The topological polar surface area (TPSA) is 104 Å². The van der Waals surface area contributed by atoms with E-state index in [-0.39, 0.29) is 23.6 Å². The van der Waals surface area contributed by atoms with Crippen LogP contribution in [0.3, 0.4) is 0 Å².